The molecule has 0 fully saturated rings. The van der Waals surface area contributed by atoms with E-state index in [9.17, 15) is 4.79 Å². The number of nitrogens with zero attached hydrogens (tertiary/aromatic N) is 1. The van der Waals surface area contributed by atoms with Gasteiger partial charge in [0.1, 0.15) is 0 Å². The van der Waals surface area contributed by atoms with Gasteiger partial charge in [-0.25, -0.2) is 0 Å². The Morgan fingerprint density at radius 1 is 1.54 bits per heavy atom. The van der Waals surface area contributed by atoms with E-state index in [1.54, 1.807) is 6.20 Å². The SMILES string of the molecule is C/C=C/Cn1cc(C)c(=O)c(Br)c1. The van der Waals surface area contributed by atoms with Crippen molar-refractivity contribution in [3.63, 3.8) is 0 Å². The van der Waals surface area contributed by atoms with Crippen LogP contribution in [0.2, 0.25) is 0 Å². The van der Waals surface area contributed by atoms with Gasteiger partial charge >= 0.3 is 0 Å². The molecule has 2 nitrogen and oxygen atoms in total. The first-order chi connectivity index (χ1) is 6.15. The van der Waals surface area contributed by atoms with Crippen molar-refractivity contribution in [1.82, 2.24) is 4.57 Å². The third kappa shape index (κ3) is 2.56. The van der Waals surface area contributed by atoms with Crippen molar-refractivity contribution >= 4 is 15.9 Å². The minimum atomic E-state index is 0.0664. The predicted molar refractivity (Wildman–Crippen MR) is 58.0 cm³/mol. The largest absolute Gasteiger partial charge is 0.349 e. The van der Waals surface area contributed by atoms with Gasteiger partial charge in [-0.2, -0.15) is 0 Å². The van der Waals surface area contributed by atoms with Gasteiger partial charge in [-0.3, -0.25) is 4.79 Å². The summed E-state index contributed by atoms with van der Waals surface area (Å²) in [5, 5.41) is 0. The summed E-state index contributed by atoms with van der Waals surface area (Å²) in [6, 6.07) is 0. The van der Waals surface area contributed by atoms with Crippen LogP contribution in [0.4, 0.5) is 0 Å². The van der Waals surface area contributed by atoms with Crippen molar-refractivity contribution in [3.05, 3.63) is 44.8 Å². The Morgan fingerprint density at radius 2 is 2.23 bits per heavy atom. The Kier molecular flexibility index (Phi) is 3.48. The van der Waals surface area contributed by atoms with Gasteiger partial charge in [0.2, 0.25) is 0 Å². The van der Waals surface area contributed by atoms with E-state index in [0.29, 0.717) is 4.47 Å². The fourth-order valence-corrected chi connectivity index (χ4v) is 1.65. The number of hydrogen-bond donors (Lipinski definition) is 0. The van der Waals surface area contributed by atoms with Crippen LogP contribution in [0.3, 0.4) is 0 Å². The first-order valence-electron chi connectivity index (χ1n) is 4.12. The van der Waals surface area contributed by atoms with Crippen molar-refractivity contribution in [3.8, 4) is 0 Å². The molecular weight excluding hydrogens is 230 g/mol. The molecule has 0 N–H and O–H groups in total. The van der Waals surface area contributed by atoms with Crippen LogP contribution >= 0.6 is 15.9 Å². The number of aromatic nitrogens is 1. The fourth-order valence-electron chi connectivity index (χ4n) is 1.07. The second-order valence-electron chi connectivity index (χ2n) is 2.88. The summed E-state index contributed by atoms with van der Waals surface area (Å²) >= 11 is 3.23. The molecule has 1 aromatic rings. The zero-order valence-electron chi connectivity index (χ0n) is 7.75. The summed E-state index contributed by atoms with van der Waals surface area (Å²) in [5.41, 5.74) is 0.829. The van der Waals surface area contributed by atoms with Gasteiger partial charge in [0.25, 0.3) is 0 Å². The standard InChI is InChI=1S/C10H12BrNO/c1-3-4-5-12-6-8(2)10(13)9(11)7-12/h3-4,6-7H,5H2,1-2H3/b4-3+. The molecule has 0 amide bonds. The molecule has 0 bridgehead atoms. The third-order valence-corrected chi connectivity index (χ3v) is 2.33. The lowest BCUT2D eigenvalue weighted by atomic mass is 10.3. The summed E-state index contributed by atoms with van der Waals surface area (Å²) in [5.74, 6) is 0. The average molecular weight is 242 g/mol. The molecule has 0 unspecified atom stereocenters. The molecule has 1 rings (SSSR count). The van der Waals surface area contributed by atoms with E-state index in [4.69, 9.17) is 0 Å². The van der Waals surface area contributed by atoms with E-state index in [1.807, 2.05) is 36.8 Å². The quantitative estimate of drug-likeness (QED) is 0.730. The van der Waals surface area contributed by atoms with Crippen molar-refractivity contribution in [2.75, 3.05) is 0 Å². The second kappa shape index (κ2) is 4.42. The molecule has 0 radical (unpaired) electrons. The minimum absolute atomic E-state index is 0.0664. The highest BCUT2D eigenvalue weighted by Crippen LogP contribution is 2.04. The molecular formula is C10H12BrNO. The highest BCUT2D eigenvalue weighted by molar-refractivity contribution is 9.10. The van der Waals surface area contributed by atoms with Crippen LogP contribution in [0.25, 0.3) is 0 Å². The summed E-state index contributed by atoms with van der Waals surface area (Å²) in [6.07, 6.45) is 7.68. The molecule has 0 aliphatic carbocycles. The van der Waals surface area contributed by atoms with E-state index >= 15 is 0 Å². The molecule has 1 aromatic heterocycles. The first-order valence-corrected chi connectivity index (χ1v) is 4.92. The van der Waals surface area contributed by atoms with Gasteiger partial charge in [-0.05, 0) is 29.8 Å². The predicted octanol–water partition coefficient (Wildman–Crippen LogP) is 2.50. The number of pyridine rings is 1. The molecule has 70 valence electrons. The zero-order valence-corrected chi connectivity index (χ0v) is 9.34. The lowest BCUT2D eigenvalue weighted by Gasteiger charge is -2.04. The monoisotopic (exact) mass is 241 g/mol. The van der Waals surface area contributed by atoms with E-state index in [0.717, 1.165) is 12.1 Å². The number of rotatable bonds is 2. The molecule has 0 aromatic carbocycles. The van der Waals surface area contributed by atoms with Crippen molar-refractivity contribution in [2.45, 2.75) is 20.4 Å². The van der Waals surface area contributed by atoms with Crippen molar-refractivity contribution < 1.29 is 0 Å². The Bertz CT molecular complexity index is 353. The highest BCUT2D eigenvalue weighted by Gasteiger charge is 1.99. The maximum Gasteiger partial charge on any atom is 0.198 e. The fraction of sp³-hybridized carbons (Fsp3) is 0.300. The molecule has 13 heavy (non-hydrogen) atoms. The minimum Gasteiger partial charge on any atom is -0.349 e. The maximum absolute atomic E-state index is 11.3. The summed E-state index contributed by atoms with van der Waals surface area (Å²) in [4.78, 5) is 11.3. The van der Waals surface area contributed by atoms with Gasteiger partial charge < -0.3 is 4.57 Å². The van der Waals surface area contributed by atoms with E-state index in [1.165, 1.54) is 0 Å². The van der Waals surface area contributed by atoms with Crippen LogP contribution in [-0.2, 0) is 6.54 Å². The number of hydrogen-bond acceptors (Lipinski definition) is 1. The van der Waals surface area contributed by atoms with Gasteiger partial charge in [0.15, 0.2) is 5.43 Å². The normalized spacial score (nSPS) is 11.0. The maximum atomic E-state index is 11.3. The van der Waals surface area contributed by atoms with Crippen LogP contribution in [0, 0.1) is 6.92 Å². The lowest BCUT2D eigenvalue weighted by Crippen LogP contribution is -2.10. The molecule has 0 spiro atoms. The molecule has 0 atom stereocenters. The Balaban J connectivity index is 3.06. The number of halogens is 1. The second-order valence-corrected chi connectivity index (χ2v) is 3.74. The Labute approximate surface area is 86.0 Å². The molecule has 1 heterocycles. The molecule has 0 aliphatic rings. The van der Waals surface area contributed by atoms with Gasteiger partial charge in [0.05, 0.1) is 4.47 Å². The first kappa shape index (κ1) is 10.3. The summed E-state index contributed by atoms with van der Waals surface area (Å²) in [7, 11) is 0. The van der Waals surface area contributed by atoms with Gasteiger partial charge in [0, 0.05) is 24.5 Å². The van der Waals surface area contributed by atoms with E-state index in [2.05, 4.69) is 15.9 Å². The lowest BCUT2D eigenvalue weighted by molar-refractivity contribution is 0.798. The number of allylic oxidation sites excluding steroid dienone is 2. The number of aryl methyl sites for hydroxylation is 1. The van der Waals surface area contributed by atoms with Gasteiger partial charge in [-0.15, -0.1) is 0 Å². The van der Waals surface area contributed by atoms with Crippen LogP contribution in [0.1, 0.15) is 12.5 Å². The van der Waals surface area contributed by atoms with Crippen LogP contribution in [-0.4, -0.2) is 4.57 Å². The Hall–Kier alpha value is -0.830. The molecule has 0 saturated carbocycles. The zero-order chi connectivity index (χ0) is 9.84. The van der Waals surface area contributed by atoms with Crippen LogP contribution in [0.5, 0.6) is 0 Å². The van der Waals surface area contributed by atoms with Crippen molar-refractivity contribution in [2.24, 2.45) is 0 Å². The smallest absolute Gasteiger partial charge is 0.198 e. The highest BCUT2D eigenvalue weighted by atomic mass is 79.9. The Morgan fingerprint density at radius 3 is 2.77 bits per heavy atom. The molecule has 0 aliphatic heterocycles. The topological polar surface area (TPSA) is 22.0 Å². The average Bonchev–Trinajstić information content (AvgIpc) is 2.10. The van der Waals surface area contributed by atoms with Gasteiger partial charge in [-0.1, -0.05) is 12.2 Å². The van der Waals surface area contributed by atoms with Crippen molar-refractivity contribution in [1.29, 1.82) is 0 Å². The van der Waals surface area contributed by atoms with E-state index in [-0.39, 0.29) is 5.43 Å². The molecule has 3 heteroatoms. The van der Waals surface area contributed by atoms with E-state index < -0.39 is 0 Å². The molecule has 0 saturated heterocycles. The third-order valence-electron chi connectivity index (χ3n) is 1.77. The summed E-state index contributed by atoms with van der Waals surface area (Å²) < 4.78 is 2.60. The van der Waals surface area contributed by atoms with Crippen LogP contribution in [0.15, 0.2) is 33.8 Å². The summed E-state index contributed by atoms with van der Waals surface area (Å²) in [6.45, 7) is 4.60. The van der Waals surface area contributed by atoms with Crippen LogP contribution < -0.4 is 5.43 Å².